The van der Waals surface area contributed by atoms with E-state index in [0.717, 1.165) is 6.54 Å². The molecular weight excluding hydrogens is 112 g/mol. The van der Waals surface area contributed by atoms with Gasteiger partial charge in [0, 0.05) is 0 Å². The summed E-state index contributed by atoms with van der Waals surface area (Å²) >= 11 is 0. The molecule has 9 heavy (non-hydrogen) atoms. The molecule has 0 radical (unpaired) electrons. The Morgan fingerprint density at radius 2 is 2.00 bits per heavy atom. The fourth-order valence-corrected chi connectivity index (χ4v) is 1.58. The molecule has 0 aromatic rings. The molecule has 1 N–H and O–H groups in total. The lowest BCUT2D eigenvalue weighted by atomic mass is 9.89. The van der Waals surface area contributed by atoms with E-state index in [9.17, 15) is 0 Å². The SMILES string of the molecule is CC1(CN=N)CCCC1. The van der Waals surface area contributed by atoms with E-state index in [2.05, 4.69) is 12.0 Å². The van der Waals surface area contributed by atoms with Crippen LogP contribution in [0.15, 0.2) is 5.11 Å². The smallest absolute Gasteiger partial charge is 0.0650 e. The fourth-order valence-electron chi connectivity index (χ4n) is 1.58. The molecule has 0 bridgehead atoms. The lowest BCUT2D eigenvalue weighted by Gasteiger charge is -2.18. The first-order chi connectivity index (χ1) is 4.27. The third-order valence-electron chi connectivity index (χ3n) is 2.27. The molecule has 0 heterocycles. The number of rotatable bonds is 2. The monoisotopic (exact) mass is 126 g/mol. The molecule has 0 aromatic carbocycles. The summed E-state index contributed by atoms with van der Waals surface area (Å²) in [4.78, 5) is 0. The number of hydrogen-bond donors (Lipinski definition) is 1. The molecule has 1 aliphatic rings. The highest BCUT2D eigenvalue weighted by Crippen LogP contribution is 2.37. The van der Waals surface area contributed by atoms with Gasteiger partial charge in [0.15, 0.2) is 0 Å². The third kappa shape index (κ3) is 1.50. The second-order valence-electron chi connectivity index (χ2n) is 3.33. The maximum absolute atomic E-state index is 6.72. The third-order valence-corrected chi connectivity index (χ3v) is 2.27. The first-order valence-corrected chi connectivity index (χ1v) is 3.60. The molecule has 52 valence electrons. The Morgan fingerprint density at radius 1 is 1.44 bits per heavy atom. The highest BCUT2D eigenvalue weighted by Gasteiger charge is 2.27. The van der Waals surface area contributed by atoms with Gasteiger partial charge in [0.2, 0.25) is 0 Å². The maximum atomic E-state index is 6.72. The van der Waals surface area contributed by atoms with Crippen LogP contribution in [-0.2, 0) is 0 Å². The van der Waals surface area contributed by atoms with Gasteiger partial charge in [0.05, 0.1) is 6.54 Å². The number of nitrogens with zero attached hydrogens (tertiary/aromatic N) is 1. The van der Waals surface area contributed by atoms with Crippen LogP contribution in [0.25, 0.3) is 0 Å². The Morgan fingerprint density at radius 3 is 2.44 bits per heavy atom. The summed E-state index contributed by atoms with van der Waals surface area (Å²) in [6.07, 6.45) is 5.22. The zero-order valence-electron chi connectivity index (χ0n) is 5.98. The van der Waals surface area contributed by atoms with Crippen LogP contribution >= 0.6 is 0 Å². The van der Waals surface area contributed by atoms with Crippen LogP contribution in [0.4, 0.5) is 0 Å². The zero-order valence-corrected chi connectivity index (χ0v) is 5.98. The van der Waals surface area contributed by atoms with Crippen LogP contribution in [0.2, 0.25) is 0 Å². The minimum absolute atomic E-state index is 0.391. The van der Waals surface area contributed by atoms with E-state index in [1.54, 1.807) is 0 Å². The van der Waals surface area contributed by atoms with Crippen molar-refractivity contribution >= 4 is 0 Å². The molecule has 0 saturated heterocycles. The van der Waals surface area contributed by atoms with Crippen molar-refractivity contribution in [3.8, 4) is 0 Å². The van der Waals surface area contributed by atoms with Gasteiger partial charge in [-0.25, -0.2) is 5.53 Å². The molecule has 2 heteroatoms. The lowest BCUT2D eigenvalue weighted by Crippen LogP contribution is -2.14. The quantitative estimate of drug-likeness (QED) is 0.552. The van der Waals surface area contributed by atoms with Crippen molar-refractivity contribution in [1.82, 2.24) is 0 Å². The van der Waals surface area contributed by atoms with Crippen molar-refractivity contribution in [1.29, 1.82) is 5.53 Å². The second kappa shape index (κ2) is 2.46. The van der Waals surface area contributed by atoms with Gasteiger partial charge in [-0.05, 0) is 18.3 Å². The fraction of sp³-hybridized carbons (Fsp3) is 1.00. The molecule has 1 fully saturated rings. The van der Waals surface area contributed by atoms with E-state index in [0.29, 0.717) is 5.41 Å². The first-order valence-electron chi connectivity index (χ1n) is 3.60. The average molecular weight is 126 g/mol. The van der Waals surface area contributed by atoms with Crippen LogP contribution in [0.5, 0.6) is 0 Å². The predicted octanol–water partition coefficient (Wildman–Crippen LogP) is 2.60. The zero-order chi connectivity index (χ0) is 6.74. The number of hydrogen-bond acceptors (Lipinski definition) is 2. The van der Waals surface area contributed by atoms with Crippen molar-refractivity contribution in [3.05, 3.63) is 0 Å². The van der Waals surface area contributed by atoms with E-state index < -0.39 is 0 Å². The molecule has 0 aromatic heterocycles. The van der Waals surface area contributed by atoms with Gasteiger partial charge in [-0.3, -0.25) is 0 Å². The topological polar surface area (TPSA) is 36.2 Å². The Balaban J connectivity index is 2.40. The van der Waals surface area contributed by atoms with E-state index >= 15 is 0 Å². The summed E-state index contributed by atoms with van der Waals surface area (Å²) < 4.78 is 0. The molecule has 1 saturated carbocycles. The van der Waals surface area contributed by atoms with E-state index in [1.807, 2.05) is 0 Å². The van der Waals surface area contributed by atoms with E-state index in [4.69, 9.17) is 5.53 Å². The standard InChI is InChI=1S/C7H14N2/c1-7(6-9-8)4-2-3-5-7/h8H,2-6H2,1H3. The van der Waals surface area contributed by atoms with Crippen LogP contribution in [-0.4, -0.2) is 6.54 Å². The van der Waals surface area contributed by atoms with Crippen molar-refractivity contribution in [2.75, 3.05) is 6.54 Å². The Bertz CT molecular complexity index is 103. The van der Waals surface area contributed by atoms with Gasteiger partial charge in [0.1, 0.15) is 0 Å². The predicted molar refractivity (Wildman–Crippen MR) is 36.6 cm³/mol. The van der Waals surface area contributed by atoms with Crippen molar-refractivity contribution in [2.24, 2.45) is 10.5 Å². The molecule has 0 atom stereocenters. The Labute approximate surface area is 56.2 Å². The van der Waals surface area contributed by atoms with Crippen LogP contribution in [0.3, 0.4) is 0 Å². The highest BCUT2D eigenvalue weighted by atomic mass is 15.0. The van der Waals surface area contributed by atoms with Gasteiger partial charge >= 0.3 is 0 Å². The minimum Gasteiger partial charge on any atom is -0.210 e. The van der Waals surface area contributed by atoms with Gasteiger partial charge in [-0.1, -0.05) is 19.8 Å². The van der Waals surface area contributed by atoms with Gasteiger partial charge < -0.3 is 0 Å². The summed E-state index contributed by atoms with van der Waals surface area (Å²) in [5.41, 5.74) is 7.11. The van der Waals surface area contributed by atoms with Crippen molar-refractivity contribution < 1.29 is 0 Å². The summed E-state index contributed by atoms with van der Waals surface area (Å²) in [5.74, 6) is 0. The van der Waals surface area contributed by atoms with E-state index in [-0.39, 0.29) is 0 Å². The Hall–Kier alpha value is -0.400. The highest BCUT2D eigenvalue weighted by molar-refractivity contribution is 4.81. The van der Waals surface area contributed by atoms with Gasteiger partial charge in [-0.2, -0.15) is 5.11 Å². The first kappa shape index (κ1) is 6.72. The van der Waals surface area contributed by atoms with Crippen molar-refractivity contribution in [3.63, 3.8) is 0 Å². The van der Waals surface area contributed by atoms with Crippen LogP contribution in [0.1, 0.15) is 32.6 Å². The Kier molecular flexibility index (Phi) is 1.84. The molecule has 0 aliphatic heterocycles. The summed E-state index contributed by atoms with van der Waals surface area (Å²) in [6, 6.07) is 0. The lowest BCUT2D eigenvalue weighted by molar-refractivity contribution is 0.343. The van der Waals surface area contributed by atoms with Crippen molar-refractivity contribution in [2.45, 2.75) is 32.6 Å². The second-order valence-corrected chi connectivity index (χ2v) is 3.33. The van der Waals surface area contributed by atoms with Gasteiger partial charge in [0.25, 0.3) is 0 Å². The molecule has 0 unspecified atom stereocenters. The maximum Gasteiger partial charge on any atom is 0.0650 e. The molecule has 1 aliphatic carbocycles. The minimum atomic E-state index is 0.391. The number of nitrogens with one attached hydrogen (secondary N) is 1. The molecule has 1 rings (SSSR count). The van der Waals surface area contributed by atoms with Crippen LogP contribution in [0, 0.1) is 10.9 Å². The summed E-state index contributed by atoms with van der Waals surface area (Å²) in [6.45, 7) is 2.98. The summed E-state index contributed by atoms with van der Waals surface area (Å²) in [5, 5.41) is 3.44. The molecular formula is C7H14N2. The molecule has 0 spiro atoms. The van der Waals surface area contributed by atoms with Gasteiger partial charge in [-0.15, -0.1) is 0 Å². The molecule has 2 nitrogen and oxygen atoms in total. The average Bonchev–Trinajstić information content (AvgIpc) is 2.16. The van der Waals surface area contributed by atoms with Crippen LogP contribution < -0.4 is 0 Å². The van der Waals surface area contributed by atoms with E-state index in [1.165, 1.54) is 25.7 Å². The summed E-state index contributed by atoms with van der Waals surface area (Å²) in [7, 11) is 0. The normalized spacial score (nSPS) is 24.1. The largest absolute Gasteiger partial charge is 0.210 e. The molecule has 0 amide bonds.